The molecule has 2 aliphatic heterocycles. The SMILES string of the molecule is C=C1CCC(N2Cc3c(OCc4ccc(CNCCO)cc4)cccc3C2=O)C(=O)N1. The highest BCUT2D eigenvalue weighted by atomic mass is 16.5. The van der Waals surface area contributed by atoms with Crippen molar-refractivity contribution < 1.29 is 19.4 Å². The largest absolute Gasteiger partial charge is 0.489 e. The summed E-state index contributed by atoms with van der Waals surface area (Å²) in [6, 6.07) is 13.1. The summed E-state index contributed by atoms with van der Waals surface area (Å²) < 4.78 is 6.06. The van der Waals surface area contributed by atoms with E-state index in [-0.39, 0.29) is 18.4 Å². The van der Waals surface area contributed by atoms with E-state index in [1.54, 1.807) is 11.0 Å². The molecule has 7 nitrogen and oxygen atoms in total. The molecule has 1 saturated heterocycles. The third-order valence-corrected chi connectivity index (χ3v) is 5.69. The Balaban J connectivity index is 1.42. The number of ether oxygens (including phenoxy) is 1. The Bertz CT molecular complexity index is 987. The lowest BCUT2D eigenvalue weighted by Gasteiger charge is -2.31. The van der Waals surface area contributed by atoms with Gasteiger partial charge < -0.3 is 25.4 Å². The first kappa shape index (κ1) is 21.1. The van der Waals surface area contributed by atoms with E-state index in [0.717, 1.165) is 16.7 Å². The van der Waals surface area contributed by atoms with Gasteiger partial charge in [-0.05, 0) is 36.1 Å². The van der Waals surface area contributed by atoms with Crippen molar-refractivity contribution in [2.45, 2.75) is 38.6 Å². The van der Waals surface area contributed by atoms with E-state index in [0.29, 0.717) is 56.1 Å². The molecule has 2 aromatic rings. The Labute approximate surface area is 181 Å². The Morgan fingerprint density at radius 3 is 2.68 bits per heavy atom. The highest BCUT2D eigenvalue weighted by Crippen LogP contribution is 2.34. The first-order valence-electron chi connectivity index (χ1n) is 10.5. The molecule has 0 radical (unpaired) electrons. The van der Waals surface area contributed by atoms with Gasteiger partial charge in [0.25, 0.3) is 5.91 Å². The number of nitrogens with one attached hydrogen (secondary N) is 2. The molecular weight excluding hydrogens is 394 g/mol. The summed E-state index contributed by atoms with van der Waals surface area (Å²) in [7, 11) is 0. The monoisotopic (exact) mass is 421 g/mol. The number of carbonyl (C=O) groups is 2. The van der Waals surface area contributed by atoms with Crippen LogP contribution in [0.1, 0.15) is 39.9 Å². The Morgan fingerprint density at radius 2 is 1.94 bits per heavy atom. The third-order valence-electron chi connectivity index (χ3n) is 5.69. The number of hydrogen-bond acceptors (Lipinski definition) is 5. The Kier molecular flexibility index (Phi) is 6.34. The van der Waals surface area contributed by atoms with Crippen LogP contribution < -0.4 is 15.4 Å². The van der Waals surface area contributed by atoms with E-state index < -0.39 is 6.04 Å². The molecule has 31 heavy (non-hydrogen) atoms. The lowest BCUT2D eigenvalue weighted by molar-refractivity contribution is -0.126. The van der Waals surface area contributed by atoms with Gasteiger partial charge in [0, 0.05) is 29.9 Å². The van der Waals surface area contributed by atoms with E-state index in [1.807, 2.05) is 36.4 Å². The molecule has 1 unspecified atom stereocenters. The van der Waals surface area contributed by atoms with Gasteiger partial charge in [-0.25, -0.2) is 0 Å². The number of hydrogen-bond donors (Lipinski definition) is 3. The zero-order valence-electron chi connectivity index (χ0n) is 17.4. The summed E-state index contributed by atoms with van der Waals surface area (Å²) in [5, 5.41) is 14.7. The van der Waals surface area contributed by atoms with Crippen LogP contribution in [0.5, 0.6) is 5.75 Å². The second-order valence-corrected chi connectivity index (χ2v) is 7.87. The normalized spacial score (nSPS) is 18.2. The highest BCUT2D eigenvalue weighted by molar-refractivity contribution is 6.02. The number of benzene rings is 2. The number of carbonyl (C=O) groups excluding carboxylic acids is 2. The van der Waals surface area contributed by atoms with Crippen LogP contribution in [0.15, 0.2) is 54.7 Å². The maximum absolute atomic E-state index is 12.9. The van der Waals surface area contributed by atoms with Gasteiger partial charge in [-0.15, -0.1) is 0 Å². The van der Waals surface area contributed by atoms with Crippen molar-refractivity contribution in [3.8, 4) is 5.75 Å². The van der Waals surface area contributed by atoms with Crippen LogP contribution >= 0.6 is 0 Å². The third kappa shape index (κ3) is 4.62. The number of aliphatic hydroxyl groups excluding tert-OH is 1. The molecule has 1 atom stereocenters. The van der Waals surface area contributed by atoms with E-state index in [9.17, 15) is 9.59 Å². The van der Waals surface area contributed by atoms with Gasteiger partial charge >= 0.3 is 0 Å². The molecule has 162 valence electrons. The topological polar surface area (TPSA) is 90.9 Å². The molecule has 4 rings (SSSR count). The smallest absolute Gasteiger partial charge is 0.255 e. The fourth-order valence-electron chi connectivity index (χ4n) is 4.00. The average molecular weight is 421 g/mol. The van der Waals surface area contributed by atoms with Crippen molar-refractivity contribution in [1.82, 2.24) is 15.5 Å². The van der Waals surface area contributed by atoms with Gasteiger partial charge in [0.15, 0.2) is 0 Å². The van der Waals surface area contributed by atoms with E-state index in [1.165, 1.54) is 0 Å². The minimum atomic E-state index is -0.481. The van der Waals surface area contributed by atoms with Gasteiger partial charge in [0.2, 0.25) is 5.91 Å². The number of nitrogens with zero attached hydrogens (tertiary/aromatic N) is 1. The number of aliphatic hydroxyl groups is 1. The van der Waals surface area contributed by atoms with Crippen molar-refractivity contribution in [2.24, 2.45) is 0 Å². The fraction of sp³-hybridized carbons (Fsp3) is 0.333. The number of rotatable bonds is 8. The molecule has 0 bridgehead atoms. The lowest BCUT2D eigenvalue weighted by Crippen LogP contribution is -2.49. The summed E-state index contributed by atoms with van der Waals surface area (Å²) in [4.78, 5) is 27.0. The van der Waals surface area contributed by atoms with Crippen molar-refractivity contribution in [3.63, 3.8) is 0 Å². The molecule has 0 spiro atoms. The number of amides is 2. The molecule has 2 aromatic carbocycles. The molecule has 2 amide bonds. The Morgan fingerprint density at radius 1 is 1.16 bits per heavy atom. The van der Waals surface area contributed by atoms with Gasteiger partial charge in [-0.2, -0.15) is 0 Å². The van der Waals surface area contributed by atoms with E-state index in [2.05, 4.69) is 17.2 Å². The van der Waals surface area contributed by atoms with Crippen LogP contribution in [0, 0.1) is 0 Å². The summed E-state index contributed by atoms with van der Waals surface area (Å²) in [6.07, 6.45) is 1.26. The molecule has 0 aromatic heterocycles. The fourth-order valence-corrected chi connectivity index (χ4v) is 4.00. The first-order valence-corrected chi connectivity index (χ1v) is 10.5. The van der Waals surface area contributed by atoms with Crippen LogP contribution in [0.2, 0.25) is 0 Å². The summed E-state index contributed by atoms with van der Waals surface area (Å²) in [5.41, 5.74) is 4.28. The maximum Gasteiger partial charge on any atom is 0.255 e. The molecule has 0 saturated carbocycles. The minimum Gasteiger partial charge on any atom is -0.489 e. The quantitative estimate of drug-likeness (QED) is 0.568. The molecular formula is C24H27N3O4. The Hall–Kier alpha value is -3.16. The second kappa shape index (κ2) is 9.32. The first-order chi connectivity index (χ1) is 15.1. The molecule has 2 heterocycles. The predicted octanol–water partition coefficient (Wildman–Crippen LogP) is 2.10. The number of allylic oxidation sites excluding steroid dienone is 1. The van der Waals surface area contributed by atoms with Crippen LogP contribution in [0.25, 0.3) is 0 Å². The van der Waals surface area contributed by atoms with Crippen molar-refractivity contribution >= 4 is 11.8 Å². The minimum absolute atomic E-state index is 0.119. The molecule has 2 aliphatic rings. The van der Waals surface area contributed by atoms with Gasteiger partial charge in [0.05, 0.1) is 13.2 Å². The molecule has 7 heteroatoms. The van der Waals surface area contributed by atoms with Crippen molar-refractivity contribution in [3.05, 3.63) is 77.0 Å². The van der Waals surface area contributed by atoms with Gasteiger partial charge in [-0.1, -0.05) is 36.9 Å². The lowest BCUT2D eigenvalue weighted by atomic mass is 10.0. The van der Waals surface area contributed by atoms with Crippen LogP contribution in [0.3, 0.4) is 0 Å². The van der Waals surface area contributed by atoms with Crippen molar-refractivity contribution in [2.75, 3.05) is 13.2 Å². The average Bonchev–Trinajstić information content (AvgIpc) is 3.10. The predicted molar refractivity (Wildman–Crippen MR) is 116 cm³/mol. The van der Waals surface area contributed by atoms with E-state index >= 15 is 0 Å². The standard InChI is InChI=1S/C24H27N3O4/c1-16-5-10-21(23(29)26-16)27-14-20-19(24(27)30)3-2-4-22(20)31-15-18-8-6-17(7-9-18)13-25-11-12-28/h2-4,6-9,21,25,28H,1,5,10-15H2,(H,26,29). The summed E-state index contributed by atoms with van der Waals surface area (Å²) in [5.74, 6) is 0.365. The summed E-state index contributed by atoms with van der Waals surface area (Å²) >= 11 is 0. The zero-order valence-corrected chi connectivity index (χ0v) is 17.4. The number of piperidine rings is 1. The number of fused-ring (bicyclic) bond motifs is 1. The van der Waals surface area contributed by atoms with Gasteiger partial charge in [0.1, 0.15) is 18.4 Å². The van der Waals surface area contributed by atoms with E-state index in [4.69, 9.17) is 9.84 Å². The molecule has 3 N–H and O–H groups in total. The van der Waals surface area contributed by atoms with Crippen LogP contribution in [0.4, 0.5) is 0 Å². The van der Waals surface area contributed by atoms with Crippen LogP contribution in [-0.4, -0.2) is 41.0 Å². The van der Waals surface area contributed by atoms with Crippen molar-refractivity contribution in [1.29, 1.82) is 0 Å². The zero-order chi connectivity index (χ0) is 21.8. The molecule has 1 fully saturated rings. The maximum atomic E-state index is 12.9. The molecule has 0 aliphatic carbocycles. The highest BCUT2D eigenvalue weighted by Gasteiger charge is 2.39. The van der Waals surface area contributed by atoms with Gasteiger partial charge in [-0.3, -0.25) is 9.59 Å². The van der Waals surface area contributed by atoms with Crippen LogP contribution in [-0.2, 0) is 24.5 Å². The summed E-state index contributed by atoms with van der Waals surface area (Å²) in [6.45, 7) is 5.95. The second-order valence-electron chi connectivity index (χ2n) is 7.87.